The van der Waals surface area contributed by atoms with Crippen molar-refractivity contribution in [3.63, 3.8) is 0 Å². The maximum absolute atomic E-state index is 9.67. The number of hydrogen-bond donors (Lipinski definition) is 1. The van der Waals surface area contributed by atoms with Gasteiger partial charge in [-0.05, 0) is 24.7 Å². The molecule has 1 aliphatic rings. The summed E-state index contributed by atoms with van der Waals surface area (Å²) < 4.78 is 0. The van der Waals surface area contributed by atoms with Crippen LogP contribution in [0.2, 0.25) is 0 Å². The zero-order valence-electron chi connectivity index (χ0n) is 8.00. The molecule has 1 N–H and O–H groups in total. The Morgan fingerprint density at radius 3 is 2.83 bits per heavy atom. The summed E-state index contributed by atoms with van der Waals surface area (Å²) in [6.07, 6.45) is 7.75. The van der Waals surface area contributed by atoms with Gasteiger partial charge < -0.3 is 5.11 Å². The van der Waals surface area contributed by atoms with Crippen molar-refractivity contribution in [2.45, 2.75) is 45.1 Å². The molecule has 3 atom stereocenters. The van der Waals surface area contributed by atoms with Gasteiger partial charge in [0.1, 0.15) is 0 Å². The summed E-state index contributed by atoms with van der Waals surface area (Å²) in [5, 5.41) is 9.67. The maximum Gasteiger partial charge on any atom is 0.0574 e. The number of rotatable bonds is 6. The largest absolute Gasteiger partial charge is 0.393 e. The van der Waals surface area contributed by atoms with Gasteiger partial charge in [0.05, 0.1) is 6.10 Å². The van der Waals surface area contributed by atoms with Crippen molar-refractivity contribution >= 4 is 0 Å². The second kappa shape index (κ2) is 4.66. The minimum absolute atomic E-state index is 0.0560. The molecule has 0 heterocycles. The normalized spacial score (nSPS) is 29.8. The molecule has 0 bridgehead atoms. The lowest BCUT2D eigenvalue weighted by atomic mass is 10.1. The Kier molecular flexibility index (Phi) is 3.80. The van der Waals surface area contributed by atoms with E-state index in [0.717, 1.165) is 12.8 Å². The molecule has 0 aromatic carbocycles. The second-order valence-electron chi connectivity index (χ2n) is 3.86. The van der Waals surface area contributed by atoms with Gasteiger partial charge in [-0.3, -0.25) is 0 Å². The highest BCUT2D eigenvalue weighted by atomic mass is 16.3. The van der Waals surface area contributed by atoms with Crippen LogP contribution >= 0.6 is 0 Å². The molecule has 0 saturated heterocycles. The van der Waals surface area contributed by atoms with Crippen LogP contribution in [0.5, 0.6) is 0 Å². The van der Waals surface area contributed by atoms with Gasteiger partial charge in [-0.1, -0.05) is 32.3 Å². The van der Waals surface area contributed by atoms with E-state index in [9.17, 15) is 5.11 Å². The van der Waals surface area contributed by atoms with Gasteiger partial charge in [-0.25, -0.2) is 0 Å². The quantitative estimate of drug-likeness (QED) is 0.477. The molecule has 0 aromatic heterocycles. The zero-order chi connectivity index (χ0) is 8.97. The van der Waals surface area contributed by atoms with Crippen LogP contribution < -0.4 is 0 Å². The third kappa shape index (κ3) is 2.63. The van der Waals surface area contributed by atoms with Gasteiger partial charge >= 0.3 is 0 Å². The number of aliphatic hydroxyl groups is 1. The zero-order valence-corrected chi connectivity index (χ0v) is 8.00. The van der Waals surface area contributed by atoms with Crippen LogP contribution in [0.15, 0.2) is 12.7 Å². The van der Waals surface area contributed by atoms with Crippen molar-refractivity contribution in [1.82, 2.24) is 0 Å². The Labute approximate surface area is 75.5 Å². The third-order valence-corrected chi connectivity index (χ3v) is 2.79. The van der Waals surface area contributed by atoms with E-state index in [4.69, 9.17) is 0 Å². The number of hydrogen-bond acceptors (Lipinski definition) is 1. The summed E-state index contributed by atoms with van der Waals surface area (Å²) in [6.45, 7) is 5.93. The van der Waals surface area contributed by atoms with Crippen LogP contribution in [0.4, 0.5) is 0 Å². The van der Waals surface area contributed by atoms with Gasteiger partial charge in [0.15, 0.2) is 0 Å². The molecule has 0 amide bonds. The van der Waals surface area contributed by atoms with Crippen molar-refractivity contribution in [2.24, 2.45) is 11.8 Å². The molecule has 0 radical (unpaired) electrons. The van der Waals surface area contributed by atoms with Crippen LogP contribution in [-0.2, 0) is 0 Å². The highest BCUT2D eigenvalue weighted by molar-refractivity contribution is 5.00. The first-order valence-electron chi connectivity index (χ1n) is 5.10. The van der Waals surface area contributed by atoms with E-state index in [1.54, 1.807) is 0 Å². The van der Waals surface area contributed by atoms with Gasteiger partial charge in [0.25, 0.3) is 0 Å². The van der Waals surface area contributed by atoms with Crippen molar-refractivity contribution in [2.75, 3.05) is 0 Å². The average molecular weight is 168 g/mol. The highest BCUT2D eigenvalue weighted by Crippen LogP contribution is 2.43. The van der Waals surface area contributed by atoms with E-state index < -0.39 is 0 Å². The molecular weight excluding hydrogens is 148 g/mol. The molecule has 1 aliphatic carbocycles. The summed E-state index contributed by atoms with van der Waals surface area (Å²) in [7, 11) is 0. The van der Waals surface area contributed by atoms with E-state index in [-0.39, 0.29) is 6.10 Å². The minimum atomic E-state index is -0.0560. The topological polar surface area (TPSA) is 20.2 Å². The SMILES string of the molecule is C=C[C@H]1C[C@@H]1[C@H](O)CCCCC. The lowest BCUT2D eigenvalue weighted by Gasteiger charge is -2.08. The summed E-state index contributed by atoms with van der Waals surface area (Å²) >= 11 is 0. The van der Waals surface area contributed by atoms with Crippen molar-refractivity contribution in [1.29, 1.82) is 0 Å². The summed E-state index contributed by atoms with van der Waals surface area (Å²) in [5.41, 5.74) is 0. The molecule has 0 unspecified atom stereocenters. The molecule has 1 saturated carbocycles. The molecule has 1 rings (SSSR count). The number of aliphatic hydroxyl groups excluding tert-OH is 1. The first-order valence-corrected chi connectivity index (χ1v) is 5.10. The van der Waals surface area contributed by atoms with Crippen molar-refractivity contribution in [3.05, 3.63) is 12.7 Å². The smallest absolute Gasteiger partial charge is 0.0574 e. The minimum Gasteiger partial charge on any atom is -0.393 e. The predicted molar refractivity (Wildman–Crippen MR) is 51.9 cm³/mol. The van der Waals surface area contributed by atoms with E-state index in [2.05, 4.69) is 13.5 Å². The van der Waals surface area contributed by atoms with Crippen LogP contribution in [0, 0.1) is 11.8 Å². The monoisotopic (exact) mass is 168 g/mol. The van der Waals surface area contributed by atoms with Gasteiger partial charge in [-0.15, -0.1) is 6.58 Å². The van der Waals surface area contributed by atoms with E-state index in [1.165, 1.54) is 19.3 Å². The lowest BCUT2D eigenvalue weighted by Crippen LogP contribution is -2.09. The van der Waals surface area contributed by atoms with Gasteiger partial charge in [-0.2, -0.15) is 0 Å². The van der Waals surface area contributed by atoms with Gasteiger partial charge in [0.2, 0.25) is 0 Å². The molecular formula is C11H20O. The Morgan fingerprint density at radius 1 is 1.58 bits per heavy atom. The Hall–Kier alpha value is -0.300. The number of unbranched alkanes of at least 4 members (excludes halogenated alkanes) is 2. The highest BCUT2D eigenvalue weighted by Gasteiger charge is 2.39. The van der Waals surface area contributed by atoms with Crippen LogP contribution in [0.25, 0.3) is 0 Å². The maximum atomic E-state index is 9.67. The molecule has 12 heavy (non-hydrogen) atoms. The first-order chi connectivity index (χ1) is 5.79. The molecule has 0 aromatic rings. The molecule has 0 aliphatic heterocycles. The van der Waals surface area contributed by atoms with E-state index in [1.807, 2.05) is 6.08 Å². The molecule has 1 nitrogen and oxygen atoms in total. The van der Waals surface area contributed by atoms with Crippen LogP contribution in [-0.4, -0.2) is 11.2 Å². The molecule has 0 spiro atoms. The second-order valence-corrected chi connectivity index (χ2v) is 3.86. The van der Waals surface area contributed by atoms with Crippen LogP contribution in [0.3, 0.4) is 0 Å². The number of allylic oxidation sites excluding steroid dienone is 1. The third-order valence-electron chi connectivity index (χ3n) is 2.79. The Balaban J connectivity index is 2.05. The first kappa shape index (κ1) is 9.79. The summed E-state index contributed by atoms with van der Waals surface area (Å²) in [5.74, 6) is 1.15. The summed E-state index contributed by atoms with van der Waals surface area (Å²) in [4.78, 5) is 0. The van der Waals surface area contributed by atoms with E-state index in [0.29, 0.717) is 11.8 Å². The Bertz CT molecular complexity index is 142. The fraction of sp³-hybridized carbons (Fsp3) is 0.818. The fourth-order valence-corrected chi connectivity index (χ4v) is 1.77. The van der Waals surface area contributed by atoms with Crippen molar-refractivity contribution in [3.8, 4) is 0 Å². The fourth-order valence-electron chi connectivity index (χ4n) is 1.77. The van der Waals surface area contributed by atoms with E-state index >= 15 is 0 Å². The molecule has 70 valence electrons. The predicted octanol–water partition coefficient (Wildman–Crippen LogP) is 2.75. The molecule has 1 fully saturated rings. The van der Waals surface area contributed by atoms with Gasteiger partial charge in [0, 0.05) is 0 Å². The average Bonchev–Trinajstić information content (AvgIpc) is 2.83. The summed E-state index contributed by atoms with van der Waals surface area (Å²) in [6, 6.07) is 0. The lowest BCUT2D eigenvalue weighted by molar-refractivity contribution is 0.134. The van der Waals surface area contributed by atoms with Crippen molar-refractivity contribution < 1.29 is 5.11 Å². The van der Waals surface area contributed by atoms with Crippen LogP contribution in [0.1, 0.15) is 39.0 Å². The Morgan fingerprint density at radius 2 is 2.33 bits per heavy atom. The molecule has 1 heteroatoms. The standard InChI is InChI=1S/C11H20O/c1-3-5-6-7-11(12)10-8-9(10)4-2/h4,9-12H,2-3,5-8H2,1H3/t9-,10-,11+/m0/s1.